The fraction of sp³-hybridized carbons (Fsp3) is 0.348. The SMILES string of the molecule is Cc1c(C(=O)Nc2ccc(F)c(Cl)c2)oc2ccc(S(=O)(=O)N3CCC4(CC3)OCCO4)cc12. The quantitative estimate of drug-likeness (QED) is 0.564. The van der Waals surface area contributed by atoms with Gasteiger partial charge < -0.3 is 19.2 Å². The third kappa shape index (κ3) is 4.09. The Bertz CT molecular complexity index is 1370. The van der Waals surface area contributed by atoms with Crippen molar-refractivity contribution in [2.45, 2.75) is 30.4 Å². The molecule has 1 aromatic heterocycles. The number of furan rings is 1. The number of anilines is 1. The van der Waals surface area contributed by atoms with Gasteiger partial charge >= 0.3 is 0 Å². The number of aryl methyl sites for hydroxylation is 1. The van der Waals surface area contributed by atoms with Crippen molar-refractivity contribution in [3.63, 3.8) is 0 Å². The number of piperidine rings is 1. The molecule has 2 aromatic carbocycles. The van der Waals surface area contributed by atoms with Gasteiger partial charge in [-0.2, -0.15) is 4.31 Å². The van der Waals surface area contributed by atoms with Gasteiger partial charge in [-0.1, -0.05) is 11.6 Å². The van der Waals surface area contributed by atoms with Gasteiger partial charge in [0.1, 0.15) is 11.4 Å². The zero-order valence-corrected chi connectivity index (χ0v) is 19.8. The van der Waals surface area contributed by atoms with E-state index in [4.69, 9.17) is 25.5 Å². The van der Waals surface area contributed by atoms with Gasteiger partial charge in [0.25, 0.3) is 5.91 Å². The smallest absolute Gasteiger partial charge is 0.291 e. The Labute approximate surface area is 200 Å². The van der Waals surface area contributed by atoms with E-state index in [9.17, 15) is 17.6 Å². The number of hydrogen-bond donors (Lipinski definition) is 1. The standard InChI is InChI=1S/C23H22ClFN2O6S/c1-14-17-13-16(34(29,30)27-8-6-23(7-9-27)31-10-11-32-23)3-5-20(17)33-21(14)22(28)26-15-2-4-19(25)18(24)12-15/h2-5,12-13H,6-11H2,1H3,(H,26,28). The Morgan fingerprint density at radius 2 is 1.82 bits per heavy atom. The number of nitrogens with zero attached hydrogens (tertiary/aromatic N) is 1. The lowest BCUT2D eigenvalue weighted by atomic mass is 10.1. The van der Waals surface area contributed by atoms with E-state index in [1.807, 2.05) is 0 Å². The highest BCUT2D eigenvalue weighted by molar-refractivity contribution is 7.89. The number of benzene rings is 2. The molecule has 1 spiro atoms. The van der Waals surface area contributed by atoms with E-state index in [1.165, 1.54) is 34.6 Å². The van der Waals surface area contributed by atoms with Gasteiger partial charge in [-0.25, -0.2) is 12.8 Å². The molecule has 8 nitrogen and oxygen atoms in total. The van der Waals surface area contributed by atoms with Gasteiger partial charge in [-0.15, -0.1) is 0 Å². The van der Waals surface area contributed by atoms with Gasteiger partial charge in [0.2, 0.25) is 10.0 Å². The molecule has 1 N–H and O–H groups in total. The molecule has 0 radical (unpaired) electrons. The van der Waals surface area contributed by atoms with Gasteiger partial charge in [0, 0.05) is 42.6 Å². The summed E-state index contributed by atoms with van der Waals surface area (Å²) in [7, 11) is -3.76. The van der Waals surface area contributed by atoms with Crippen molar-refractivity contribution in [2.24, 2.45) is 0 Å². The number of carbonyl (C=O) groups is 1. The monoisotopic (exact) mass is 508 g/mol. The molecule has 34 heavy (non-hydrogen) atoms. The first-order valence-corrected chi connectivity index (χ1v) is 12.6. The van der Waals surface area contributed by atoms with Gasteiger partial charge in [0.05, 0.1) is 23.1 Å². The molecule has 3 heterocycles. The molecule has 0 aliphatic carbocycles. The minimum atomic E-state index is -3.76. The van der Waals surface area contributed by atoms with Crippen molar-refractivity contribution >= 4 is 44.2 Å². The number of hydrogen-bond acceptors (Lipinski definition) is 6. The molecular formula is C23H22ClFN2O6S. The Hall–Kier alpha value is -2.50. The minimum absolute atomic E-state index is 0.0282. The largest absolute Gasteiger partial charge is 0.451 e. The van der Waals surface area contributed by atoms with Gasteiger partial charge in [-0.05, 0) is 43.3 Å². The highest BCUT2D eigenvalue weighted by Gasteiger charge is 2.42. The predicted molar refractivity (Wildman–Crippen MR) is 123 cm³/mol. The Morgan fingerprint density at radius 3 is 2.50 bits per heavy atom. The van der Waals surface area contributed by atoms with Crippen LogP contribution in [0.25, 0.3) is 11.0 Å². The molecule has 3 aromatic rings. The summed E-state index contributed by atoms with van der Waals surface area (Å²) in [6.45, 7) is 3.30. The summed E-state index contributed by atoms with van der Waals surface area (Å²) < 4.78 is 58.4. The Balaban J connectivity index is 1.38. The predicted octanol–water partition coefficient (Wildman–Crippen LogP) is 4.31. The highest BCUT2D eigenvalue weighted by Crippen LogP contribution is 2.35. The van der Waals surface area contributed by atoms with Gasteiger partial charge in [-0.3, -0.25) is 4.79 Å². The maximum absolute atomic E-state index is 13.4. The second-order valence-corrected chi connectivity index (χ2v) is 10.7. The van der Waals surface area contributed by atoms with Crippen LogP contribution in [0.4, 0.5) is 10.1 Å². The van der Waals surface area contributed by atoms with Crippen molar-refractivity contribution < 1.29 is 31.5 Å². The van der Waals surface area contributed by atoms with E-state index in [0.29, 0.717) is 61.4 Å². The second kappa shape index (κ2) is 8.62. The maximum Gasteiger partial charge on any atom is 0.291 e. The summed E-state index contributed by atoms with van der Waals surface area (Å²) in [5.74, 6) is -1.80. The first kappa shape index (κ1) is 23.3. The average Bonchev–Trinajstić information content (AvgIpc) is 3.41. The number of fused-ring (bicyclic) bond motifs is 1. The van der Waals surface area contributed by atoms with Crippen LogP contribution >= 0.6 is 11.6 Å². The van der Waals surface area contributed by atoms with Crippen molar-refractivity contribution in [1.82, 2.24) is 4.31 Å². The van der Waals surface area contributed by atoms with Crippen LogP contribution in [0, 0.1) is 12.7 Å². The Morgan fingerprint density at radius 1 is 1.12 bits per heavy atom. The van der Waals surface area contributed by atoms with Gasteiger partial charge in [0.15, 0.2) is 11.5 Å². The number of ether oxygens (including phenoxy) is 2. The zero-order chi connectivity index (χ0) is 24.1. The number of carbonyl (C=O) groups excluding carboxylic acids is 1. The van der Waals surface area contributed by atoms with Crippen molar-refractivity contribution in [3.8, 4) is 0 Å². The Kier molecular flexibility index (Phi) is 5.89. The topological polar surface area (TPSA) is 98.1 Å². The van der Waals surface area contributed by atoms with E-state index in [2.05, 4.69) is 5.32 Å². The normalized spacial score (nSPS) is 18.6. The molecular weight excluding hydrogens is 487 g/mol. The van der Waals surface area contributed by atoms with Crippen LogP contribution < -0.4 is 5.32 Å². The fourth-order valence-electron chi connectivity index (χ4n) is 4.34. The maximum atomic E-state index is 13.4. The summed E-state index contributed by atoms with van der Waals surface area (Å²) in [5, 5.41) is 3.01. The molecule has 5 rings (SSSR count). The average molecular weight is 509 g/mol. The molecule has 11 heteroatoms. The van der Waals surface area contributed by atoms with Crippen molar-refractivity contribution in [1.29, 1.82) is 0 Å². The summed E-state index contributed by atoms with van der Waals surface area (Å²) >= 11 is 5.77. The van der Waals surface area contributed by atoms with E-state index in [-0.39, 0.29) is 15.7 Å². The number of amides is 1. The third-order valence-corrected chi connectivity index (χ3v) is 8.41. The fourth-order valence-corrected chi connectivity index (χ4v) is 5.99. The molecule has 0 unspecified atom stereocenters. The molecule has 2 aliphatic rings. The molecule has 2 fully saturated rings. The van der Waals surface area contributed by atoms with Crippen molar-refractivity contribution in [2.75, 3.05) is 31.6 Å². The van der Waals surface area contributed by atoms with Crippen LogP contribution in [0.5, 0.6) is 0 Å². The molecule has 2 saturated heterocycles. The molecule has 0 atom stereocenters. The summed E-state index contributed by atoms with van der Waals surface area (Å²) in [6.07, 6.45) is 0.938. The first-order valence-electron chi connectivity index (χ1n) is 10.8. The molecule has 180 valence electrons. The number of sulfonamides is 1. The lowest BCUT2D eigenvalue weighted by molar-refractivity contribution is -0.179. The summed E-state index contributed by atoms with van der Waals surface area (Å²) in [6, 6.07) is 8.34. The van der Waals surface area contributed by atoms with Crippen LogP contribution in [0.15, 0.2) is 45.7 Å². The highest BCUT2D eigenvalue weighted by atomic mass is 35.5. The number of rotatable bonds is 4. The minimum Gasteiger partial charge on any atom is -0.451 e. The number of halogens is 2. The molecule has 2 aliphatic heterocycles. The van der Waals surface area contributed by atoms with Crippen LogP contribution in [-0.2, 0) is 19.5 Å². The van der Waals surface area contributed by atoms with Crippen LogP contribution in [-0.4, -0.2) is 50.7 Å². The first-order chi connectivity index (χ1) is 16.2. The second-order valence-electron chi connectivity index (χ2n) is 8.31. The zero-order valence-electron chi connectivity index (χ0n) is 18.3. The lowest BCUT2D eigenvalue weighted by Crippen LogP contribution is -2.47. The van der Waals surface area contributed by atoms with Crippen LogP contribution in [0.1, 0.15) is 29.0 Å². The summed E-state index contributed by atoms with van der Waals surface area (Å²) in [4.78, 5) is 12.9. The molecule has 1 amide bonds. The van der Waals surface area contributed by atoms with Crippen molar-refractivity contribution in [3.05, 3.63) is 58.6 Å². The van der Waals surface area contributed by atoms with E-state index >= 15 is 0 Å². The third-order valence-electron chi connectivity index (χ3n) is 6.23. The van der Waals surface area contributed by atoms with E-state index in [0.717, 1.165) is 6.07 Å². The lowest BCUT2D eigenvalue weighted by Gasteiger charge is -2.36. The molecule has 0 bridgehead atoms. The van der Waals surface area contributed by atoms with Crippen LogP contribution in [0.3, 0.4) is 0 Å². The van der Waals surface area contributed by atoms with E-state index in [1.54, 1.807) is 6.92 Å². The summed E-state index contributed by atoms with van der Waals surface area (Å²) in [5.41, 5.74) is 1.17. The molecule has 0 saturated carbocycles. The van der Waals surface area contributed by atoms with Crippen LogP contribution in [0.2, 0.25) is 5.02 Å². The number of nitrogens with one attached hydrogen (secondary N) is 1. The van der Waals surface area contributed by atoms with E-state index < -0.39 is 27.5 Å².